The summed E-state index contributed by atoms with van der Waals surface area (Å²) in [5, 5.41) is 13.5. The Bertz CT molecular complexity index is 1330. The fourth-order valence-corrected chi connectivity index (χ4v) is 4.89. The van der Waals surface area contributed by atoms with E-state index in [2.05, 4.69) is 32.3 Å². The smallest absolute Gasteiger partial charge is 0.252 e. The van der Waals surface area contributed by atoms with E-state index < -0.39 is 0 Å². The number of nitrogens with one attached hydrogen (secondary N) is 1. The van der Waals surface area contributed by atoms with E-state index in [1.807, 2.05) is 43.3 Å². The van der Waals surface area contributed by atoms with Gasteiger partial charge in [0, 0.05) is 36.2 Å². The molecule has 1 saturated heterocycles. The first kappa shape index (κ1) is 24.2. The number of rotatable bonds is 11. The second-order valence-electron chi connectivity index (χ2n) is 9.07. The van der Waals surface area contributed by atoms with Gasteiger partial charge < -0.3 is 18.9 Å². The third-order valence-electron chi connectivity index (χ3n) is 6.61. The second kappa shape index (κ2) is 11.0. The minimum Gasteiger partial charge on any atom is -0.494 e. The molecule has 1 N–H and O–H groups in total. The molecule has 0 aliphatic carbocycles. The number of pyridine rings is 1. The van der Waals surface area contributed by atoms with Crippen molar-refractivity contribution in [1.29, 1.82) is 0 Å². The summed E-state index contributed by atoms with van der Waals surface area (Å²) in [6, 6.07) is 11.3. The Kier molecular flexibility index (Phi) is 7.43. The van der Waals surface area contributed by atoms with Crippen molar-refractivity contribution in [3.63, 3.8) is 0 Å². The molecule has 0 bridgehead atoms. The quantitative estimate of drug-likeness (QED) is 0.337. The summed E-state index contributed by atoms with van der Waals surface area (Å²) in [5.41, 5.74) is 1.36. The second-order valence-corrected chi connectivity index (χ2v) is 9.07. The lowest BCUT2D eigenvalue weighted by Crippen LogP contribution is -2.37. The van der Waals surface area contributed by atoms with Crippen molar-refractivity contribution < 1.29 is 13.9 Å². The molecule has 3 aromatic heterocycles. The minimum absolute atomic E-state index is 0.103. The fourth-order valence-electron chi connectivity index (χ4n) is 4.89. The predicted molar refractivity (Wildman–Crippen MR) is 134 cm³/mol. The Morgan fingerprint density at radius 2 is 2.19 bits per heavy atom. The van der Waals surface area contributed by atoms with Crippen LogP contribution in [0.25, 0.3) is 10.9 Å². The maximum absolute atomic E-state index is 13.1. The highest BCUT2D eigenvalue weighted by molar-refractivity contribution is 5.80. The normalized spacial score (nSPS) is 16.7. The molecule has 10 nitrogen and oxygen atoms in total. The van der Waals surface area contributed by atoms with Crippen LogP contribution >= 0.6 is 0 Å². The number of fused-ring (bicyclic) bond motifs is 1. The van der Waals surface area contributed by atoms with Gasteiger partial charge in [0.25, 0.3) is 5.56 Å². The molecule has 0 radical (unpaired) electrons. The lowest BCUT2D eigenvalue weighted by Gasteiger charge is -2.32. The summed E-state index contributed by atoms with van der Waals surface area (Å²) in [5.74, 6) is 2.30. The van der Waals surface area contributed by atoms with Crippen LogP contribution in [0, 0.1) is 0 Å². The Hall–Kier alpha value is -3.50. The van der Waals surface area contributed by atoms with Crippen molar-refractivity contribution in [3.05, 3.63) is 70.2 Å². The highest BCUT2D eigenvalue weighted by Gasteiger charge is 2.29. The third-order valence-corrected chi connectivity index (χ3v) is 6.61. The molecule has 0 spiro atoms. The molecule has 4 heterocycles. The van der Waals surface area contributed by atoms with Gasteiger partial charge in [-0.3, -0.25) is 9.69 Å². The molecule has 10 heteroatoms. The van der Waals surface area contributed by atoms with E-state index in [1.165, 1.54) is 0 Å². The Morgan fingerprint density at radius 1 is 1.28 bits per heavy atom. The van der Waals surface area contributed by atoms with Gasteiger partial charge in [-0.05, 0) is 73.0 Å². The number of ether oxygens (including phenoxy) is 2. The lowest BCUT2D eigenvalue weighted by atomic mass is 10.1. The van der Waals surface area contributed by atoms with Gasteiger partial charge in [-0.15, -0.1) is 5.10 Å². The monoisotopic (exact) mass is 492 g/mol. The number of furan rings is 1. The maximum Gasteiger partial charge on any atom is 0.252 e. The van der Waals surface area contributed by atoms with Crippen molar-refractivity contribution in [2.24, 2.45) is 0 Å². The Balaban J connectivity index is 1.47. The number of hydrogen-bond acceptors (Lipinski definition) is 8. The van der Waals surface area contributed by atoms with Gasteiger partial charge in [-0.1, -0.05) is 6.92 Å². The van der Waals surface area contributed by atoms with Gasteiger partial charge in [-0.2, -0.15) is 0 Å². The molecule has 2 atom stereocenters. The van der Waals surface area contributed by atoms with Crippen LogP contribution in [0.4, 0.5) is 0 Å². The van der Waals surface area contributed by atoms with Crippen LogP contribution in [0.1, 0.15) is 56.3 Å². The van der Waals surface area contributed by atoms with Crippen LogP contribution in [-0.2, 0) is 17.8 Å². The molecular weight excluding hydrogens is 460 g/mol. The van der Waals surface area contributed by atoms with Crippen molar-refractivity contribution >= 4 is 10.9 Å². The summed E-state index contributed by atoms with van der Waals surface area (Å²) in [6.45, 7) is 6.98. The molecule has 5 rings (SSSR count). The van der Waals surface area contributed by atoms with Crippen LogP contribution in [0.15, 0.2) is 51.9 Å². The average Bonchev–Trinajstić information content (AvgIpc) is 3.65. The van der Waals surface area contributed by atoms with Gasteiger partial charge in [0.1, 0.15) is 18.1 Å². The summed E-state index contributed by atoms with van der Waals surface area (Å²) >= 11 is 0. The fraction of sp³-hybridized carbons (Fsp3) is 0.462. The van der Waals surface area contributed by atoms with E-state index in [4.69, 9.17) is 13.9 Å². The van der Waals surface area contributed by atoms with E-state index in [0.29, 0.717) is 31.8 Å². The van der Waals surface area contributed by atoms with E-state index in [-0.39, 0.29) is 17.7 Å². The van der Waals surface area contributed by atoms with Crippen LogP contribution in [-0.4, -0.2) is 56.0 Å². The maximum atomic E-state index is 13.1. The molecule has 1 fully saturated rings. The van der Waals surface area contributed by atoms with Crippen molar-refractivity contribution in [2.45, 2.75) is 58.3 Å². The van der Waals surface area contributed by atoms with Crippen molar-refractivity contribution in [1.82, 2.24) is 30.1 Å². The van der Waals surface area contributed by atoms with Crippen LogP contribution in [0.2, 0.25) is 0 Å². The largest absolute Gasteiger partial charge is 0.494 e. The molecule has 190 valence electrons. The van der Waals surface area contributed by atoms with Gasteiger partial charge in [0.2, 0.25) is 0 Å². The topological polar surface area (TPSA) is 111 Å². The first-order chi connectivity index (χ1) is 17.6. The SMILES string of the molecule is CCOc1ccc2[nH]c(=O)c(CN(C[C@H]3CCCO3)[C@@H](CC)c3nnnn3Cc3ccco3)cc2c1. The predicted octanol–water partition coefficient (Wildman–Crippen LogP) is 3.69. The Labute approximate surface area is 209 Å². The number of nitrogens with zero attached hydrogens (tertiary/aromatic N) is 5. The van der Waals surface area contributed by atoms with Crippen molar-refractivity contribution in [2.75, 3.05) is 19.8 Å². The number of tetrazole rings is 1. The number of benzene rings is 1. The zero-order valence-electron chi connectivity index (χ0n) is 20.7. The van der Waals surface area contributed by atoms with Crippen LogP contribution in [0.3, 0.4) is 0 Å². The molecule has 1 aliphatic heterocycles. The summed E-state index contributed by atoms with van der Waals surface area (Å²) in [4.78, 5) is 18.4. The van der Waals surface area contributed by atoms with Crippen molar-refractivity contribution in [3.8, 4) is 5.75 Å². The molecular formula is C26H32N6O4. The molecule has 0 saturated carbocycles. The van der Waals surface area contributed by atoms with Crippen LogP contribution in [0.5, 0.6) is 5.75 Å². The highest BCUT2D eigenvalue weighted by atomic mass is 16.5. The lowest BCUT2D eigenvalue weighted by molar-refractivity contribution is 0.0488. The standard InChI is InChI=1S/C26H32N6O4/c1-3-24(25-28-29-30-32(25)17-22-8-6-12-36-22)31(16-21-7-5-11-35-21)15-19-13-18-14-20(34-4-2)9-10-23(18)27-26(19)33/h6,8-10,12-14,21,24H,3-5,7,11,15-17H2,1-2H3,(H,27,33)/t21-,24+/m1/s1. The number of hydrogen-bond donors (Lipinski definition) is 1. The highest BCUT2D eigenvalue weighted by Crippen LogP contribution is 2.28. The minimum atomic E-state index is -0.107. The zero-order valence-corrected chi connectivity index (χ0v) is 20.7. The van der Waals surface area contributed by atoms with Gasteiger partial charge in [0.05, 0.1) is 25.0 Å². The first-order valence-corrected chi connectivity index (χ1v) is 12.6. The molecule has 1 aromatic carbocycles. The number of aromatic nitrogens is 5. The van der Waals surface area contributed by atoms with E-state index >= 15 is 0 Å². The average molecular weight is 493 g/mol. The summed E-state index contributed by atoms with van der Waals surface area (Å²) in [6.07, 6.45) is 4.56. The van der Waals surface area contributed by atoms with Gasteiger partial charge in [-0.25, -0.2) is 4.68 Å². The molecule has 4 aromatic rings. The molecule has 0 unspecified atom stereocenters. The van der Waals surface area contributed by atoms with E-state index in [9.17, 15) is 4.79 Å². The number of aromatic amines is 1. The third kappa shape index (κ3) is 5.34. The molecule has 1 aliphatic rings. The molecule has 36 heavy (non-hydrogen) atoms. The summed E-state index contributed by atoms with van der Waals surface area (Å²) < 4.78 is 18.9. The van der Waals surface area contributed by atoms with Gasteiger partial charge in [0.15, 0.2) is 5.82 Å². The van der Waals surface area contributed by atoms with E-state index in [1.54, 1.807) is 10.9 Å². The zero-order chi connectivity index (χ0) is 24.9. The first-order valence-electron chi connectivity index (χ1n) is 12.6. The number of H-pyrrole nitrogens is 1. The van der Waals surface area contributed by atoms with Gasteiger partial charge >= 0.3 is 0 Å². The summed E-state index contributed by atoms with van der Waals surface area (Å²) in [7, 11) is 0. The van der Waals surface area contributed by atoms with E-state index in [0.717, 1.165) is 54.1 Å². The van der Waals surface area contributed by atoms with Crippen LogP contribution < -0.4 is 10.3 Å². The Morgan fingerprint density at radius 3 is 2.94 bits per heavy atom. The molecule has 0 amide bonds.